The Morgan fingerprint density at radius 2 is 1.39 bits per heavy atom. The highest BCUT2D eigenvalue weighted by Crippen LogP contribution is 2.33. The number of rotatable bonds is 14. The van der Waals surface area contributed by atoms with Gasteiger partial charge in [-0.25, -0.2) is 14.0 Å². The largest absolute Gasteiger partial charge is 0.509 e. The Balaban J connectivity index is 1.87. The maximum absolute atomic E-state index is 15.4. The molecule has 0 N–H and O–H groups in total. The van der Waals surface area contributed by atoms with E-state index < -0.39 is 52.3 Å². The van der Waals surface area contributed by atoms with Crippen LogP contribution in [0.1, 0.15) is 11.1 Å². The fourth-order valence-corrected chi connectivity index (χ4v) is 5.46. The molecule has 0 amide bonds. The number of ether oxygens (including phenoxy) is 4. The van der Waals surface area contributed by atoms with E-state index >= 15 is 4.39 Å². The number of alkyl halides is 1. The molecule has 3 atom stereocenters. The molecule has 0 heterocycles. The van der Waals surface area contributed by atoms with E-state index in [1.54, 1.807) is 60.7 Å². The molecule has 3 rings (SSSR count). The van der Waals surface area contributed by atoms with Crippen LogP contribution in [0.25, 0.3) is 0 Å². The third-order valence-corrected chi connectivity index (χ3v) is 8.00. The van der Waals surface area contributed by atoms with E-state index in [0.29, 0.717) is 17.3 Å². The van der Waals surface area contributed by atoms with Crippen molar-refractivity contribution < 1.29 is 50.4 Å². The molecule has 0 aliphatic heterocycles. The summed E-state index contributed by atoms with van der Waals surface area (Å²) in [5.41, 5.74) is 1.20. The van der Waals surface area contributed by atoms with E-state index in [1.165, 1.54) is 0 Å². The highest BCUT2D eigenvalue weighted by atomic mass is 35.5. The minimum Gasteiger partial charge on any atom is -0.431 e. The Morgan fingerprint density at radius 1 is 0.841 bits per heavy atom. The van der Waals surface area contributed by atoms with Gasteiger partial charge in [-0.1, -0.05) is 101 Å². The molecule has 0 spiro atoms. The number of oxime groups is 1. The van der Waals surface area contributed by atoms with E-state index in [0.717, 1.165) is 19.2 Å². The van der Waals surface area contributed by atoms with Crippen molar-refractivity contribution in [3.63, 3.8) is 0 Å². The Kier molecular flexibility index (Phi) is 13.5. The lowest BCUT2D eigenvalue weighted by Gasteiger charge is -2.27. The maximum atomic E-state index is 15.4. The molecule has 0 unspecified atom stereocenters. The van der Waals surface area contributed by atoms with Gasteiger partial charge < -0.3 is 23.8 Å². The minimum atomic E-state index is -4.90. The van der Waals surface area contributed by atoms with Gasteiger partial charge in [0.25, 0.3) is 10.1 Å². The van der Waals surface area contributed by atoms with Gasteiger partial charge in [-0.15, -0.1) is 0 Å². The lowest BCUT2D eigenvalue weighted by Crippen LogP contribution is -2.45. The van der Waals surface area contributed by atoms with Gasteiger partial charge in [0.15, 0.2) is 18.4 Å². The third kappa shape index (κ3) is 10.8. The second-order valence-electron chi connectivity index (χ2n) is 8.61. The molecular weight excluding hydrogens is 668 g/mol. The zero-order chi connectivity index (χ0) is 32.1. The van der Waals surface area contributed by atoms with E-state index in [1.807, 2.05) is 0 Å². The lowest BCUT2D eigenvalue weighted by atomic mass is 10.1. The van der Waals surface area contributed by atoms with Crippen molar-refractivity contribution in [1.82, 2.24) is 0 Å². The fraction of sp³-hybridized carbons (Fsp3) is 0.250. The summed E-state index contributed by atoms with van der Waals surface area (Å²) in [6.07, 6.45) is -8.64. The second-order valence-corrected chi connectivity index (χ2v) is 11.4. The number of carbonyl (C=O) groups excluding carboxylic acids is 2. The van der Waals surface area contributed by atoms with E-state index in [9.17, 15) is 18.0 Å². The average molecular weight is 693 g/mol. The molecule has 11 nitrogen and oxygen atoms in total. The van der Waals surface area contributed by atoms with Gasteiger partial charge >= 0.3 is 12.3 Å². The normalized spacial score (nSPS) is 13.5. The van der Waals surface area contributed by atoms with Crippen molar-refractivity contribution in [2.45, 2.75) is 36.5 Å². The first-order valence-corrected chi connectivity index (χ1v) is 15.0. The molecule has 0 radical (unpaired) electrons. The fourth-order valence-electron chi connectivity index (χ4n) is 3.41. The topological polar surface area (TPSA) is 136 Å². The van der Waals surface area contributed by atoms with Crippen molar-refractivity contribution in [3.05, 3.63) is 99.0 Å². The summed E-state index contributed by atoms with van der Waals surface area (Å²) in [4.78, 5) is 28.8. The summed E-state index contributed by atoms with van der Waals surface area (Å²) in [6.45, 7) is -1.45. The number of hydrogen-bond donors (Lipinski definition) is 0. The van der Waals surface area contributed by atoms with Crippen LogP contribution in [0.4, 0.5) is 14.0 Å². The van der Waals surface area contributed by atoms with Crippen molar-refractivity contribution in [3.8, 4) is 0 Å². The minimum absolute atomic E-state index is 0.0568. The highest BCUT2D eigenvalue weighted by Gasteiger charge is 2.39. The van der Waals surface area contributed by atoms with Gasteiger partial charge in [-0.05, 0) is 23.3 Å². The third-order valence-electron chi connectivity index (χ3n) is 5.48. The quantitative estimate of drug-likeness (QED) is 0.0586. The van der Waals surface area contributed by atoms with Crippen molar-refractivity contribution in [2.75, 3.05) is 13.7 Å². The van der Waals surface area contributed by atoms with Crippen LogP contribution in [-0.4, -0.2) is 59.0 Å². The predicted molar refractivity (Wildman–Crippen MR) is 158 cm³/mol. The van der Waals surface area contributed by atoms with Crippen molar-refractivity contribution >= 4 is 63.4 Å². The van der Waals surface area contributed by atoms with Crippen LogP contribution >= 0.6 is 34.8 Å². The number of halogens is 4. The molecule has 0 fully saturated rings. The molecule has 44 heavy (non-hydrogen) atoms. The summed E-state index contributed by atoms with van der Waals surface area (Å²) < 4.78 is 67.4. The molecule has 3 aromatic carbocycles. The second kappa shape index (κ2) is 17.0. The summed E-state index contributed by atoms with van der Waals surface area (Å²) in [5.74, 6) is 0. The molecule has 0 saturated carbocycles. The van der Waals surface area contributed by atoms with Gasteiger partial charge in [-0.2, -0.15) is 8.42 Å². The molecule has 0 aliphatic rings. The van der Waals surface area contributed by atoms with Crippen molar-refractivity contribution in [1.29, 1.82) is 0 Å². The monoisotopic (exact) mass is 691 g/mol. The predicted octanol–water partition coefficient (Wildman–Crippen LogP) is 6.77. The van der Waals surface area contributed by atoms with Gasteiger partial charge in [0, 0.05) is 0 Å². The Labute approximate surface area is 267 Å². The zero-order valence-corrected chi connectivity index (χ0v) is 25.9. The Hall–Kier alpha value is -3.62. The number of carbonyl (C=O) groups is 2. The maximum Gasteiger partial charge on any atom is 0.509 e. The van der Waals surface area contributed by atoms with E-state index in [4.69, 9.17) is 57.9 Å². The van der Waals surface area contributed by atoms with Gasteiger partial charge in [0.05, 0.1) is 21.3 Å². The first-order chi connectivity index (χ1) is 21.0. The molecule has 0 bridgehead atoms. The summed E-state index contributed by atoms with van der Waals surface area (Å²) in [6, 6.07) is 19.0. The summed E-state index contributed by atoms with van der Waals surface area (Å²) >= 11 is 17.9. The molecule has 236 valence electrons. The van der Waals surface area contributed by atoms with Crippen LogP contribution in [-0.2, 0) is 51.3 Å². The number of hydrogen-bond acceptors (Lipinski definition) is 11. The molecule has 3 aromatic rings. The Morgan fingerprint density at radius 3 is 1.95 bits per heavy atom. The van der Waals surface area contributed by atoms with Crippen LogP contribution in [0.15, 0.2) is 82.8 Å². The van der Waals surface area contributed by atoms with Gasteiger partial charge in [0.2, 0.25) is 0 Å². The van der Waals surface area contributed by atoms with E-state index in [-0.39, 0.29) is 28.3 Å². The van der Waals surface area contributed by atoms with Crippen LogP contribution in [0, 0.1) is 0 Å². The van der Waals surface area contributed by atoms with Gasteiger partial charge in [-0.3, -0.25) is 4.18 Å². The van der Waals surface area contributed by atoms with E-state index in [2.05, 4.69) is 9.99 Å². The molecular formula is C28H25Cl3FNO10S. The smallest absolute Gasteiger partial charge is 0.431 e. The standard InChI is InChI=1S/C28H25Cl3FNO10S/c1-38-33-14-23(32)26(42-28(35)40-16-19-10-6-3-7-11-19)24(17-41-27(34)39-15-18-8-4-2-5-9-18)43-44(36,37)25-13-21(30)20(29)12-22(25)31/h2-14,23-24,26H,15-17H2,1H3/b33-14-/t23-,24-,26+/m1/s1. The molecule has 0 aromatic heterocycles. The van der Waals surface area contributed by atoms with Crippen molar-refractivity contribution in [2.24, 2.45) is 5.16 Å². The number of benzene rings is 3. The molecule has 0 saturated heterocycles. The van der Waals surface area contributed by atoms with Crippen LogP contribution in [0.2, 0.25) is 15.1 Å². The Bertz CT molecular complexity index is 1530. The average Bonchev–Trinajstić information content (AvgIpc) is 3.01. The first-order valence-electron chi connectivity index (χ1n) is 12.5. The van der Waals surface area contributed by atoms with Gasteiger partial charge in [0.1, 0.15) is 31.8 Å². The summed E-state index contributed by atoms with van der Waals surface area (Å²) in [7, 11) is -3.79. The molecule has 16 heteroatoms. The lowest BCUT2D eigenvalue weighted by molar-refractivity contribution is -0.0647. The van der Waals surface area contributed by atoms with Crippen LogP contribution in [0.3, 0.4) is 0 Å². The first kappa shape index (κ1) is 34.9. The highest BCUT2D eigenvalue weighted by molar-refractivity contribution is 7.87. The number of nitrogens with zero attached hydrogens (tertiary/aromatic N) is 1. The molecule has 0 aliphatic carbocycles. The SMILES string of the molecule is CO/N=C\[C@@H](F)[C@H](OC(=O)OCc1ccccc1)[C@@H](COC(=O)OCc1ccccc1)OS(=O)(=O)c1cc(Cl)c(Cl)cc1Cl. The zero-order valence-electron chi connectivity index (χ0n) is 22.8. The summed E-state index contributed by atoms with van der Waals surface area (Å²) in [5, 5.41) is 2.66. The van der Waals surface area contributed by atoms with Crippen LogP contribution < -0.4 is 0 Å². The van der Waals surface area contributed by atoms with Crippen LogP contribution in [0.5, 0.6) is 0 Å².